The van der Waals surface area contributed by atoms with Crippen molar-refractivity contribution in [1.29, 1.82) is 0 Å². The zero-order valence-corrected chi connectivity index (χ0v) is 11.8. The molecule has 1 aromatic heterocycles. The van der Waals surface area contributed by atoms with Crippen LogP contribution in [0.1, 0.15) is 18.7 Å². The van der Waals surface area contributed by atoms with Crippen LogP contribution in [0.4, 0.5) is 0 Å². The van der Waals surface area contributed by atoms with Crippen LogP contribution in [-0.4, -0.2) is 38.6 Å². The van der Waals surface area contributed by atoms with Gasteiger partial charge in [-0.2, -0.15) is 0 Å². The van der Waals surface area contributed by atoms with Gasteiger partial charge in [0.2, 0.25) is 5.91 Å². The van der Waals surface area contributed by atoms with Gasteiger partial charge in [0, 0.05) is 18.1 Å². The number of aromatic nitrogens is 2. The maximum absolute atomic E-state index is 12.3. The van der Waals surface area contributed by atoms with Crippen LogP contribution in [0.25, 0.3) is 11.0 Å². The first-order chi connectivity index (χ1) is 9.69. The monoisotopic (exact) mass is 293 g/mol. The van der Waals surface area contributed by atoms with Gasteiger partial charge < -0.3 is 14.6 Å². The lowest BCUT2D eigenvalue weighted by Crippen LogP contribution is -2.31. The van der Waals surface area contributed by atoms with Crippen molar-refractivity contribution >= 4 is 28.5 Å². The van der Waals surface area contributed by atoms with E-state index in [2.05, 4.69) is 4.98 Å². The van der Waals surface area contributed by atoms with Crippen LogP contribution in [0.15, 0.2) is 18.2 Å². The van der Waals surface area contributed by atoms with E-state index in [-0.39, 0.29) is 19.1 Å². The molecule has 0 unspecified atom stereocenters. The number of rotatable bonds is 3. The molecule has 0 radical (unpaired) electrons. The lowest BCUT2D eigenvalue weighted by atomic mass is 10.3. The van der Waals surface area contributed by atoms with Crippen LogP contribution in [0.3, 0.4) is 0 Å². The number of fused-ring (bicyclic) bond motifs is 1. The minimum Gasteiger partial charge on any atom is -0.388 e. The Labute approximate surface area is 121 Å². The summed E-state index contributed by atoms with van der Waals surface area (Å²) in [4.78, 5) is 18.5. The Bertz CT molecular complexity index is 647. The quantitative estimate of drug-likeness (QED) is 0.939. The minimum atomic E-state index is -0.195. The smallest absolute Gasteiger partial charge is 0.242 e. The summed E-state index contributed by atoms with van der Waals surface area (Å²) in [6.45, 7) is 1.67. The number of aliphatic hydroxyl groups is 1. The van der Waals surface area contributed by atoms with E-state index in [1.807, 2.05) is 11.0 Å². The molecule has 1 N–H and O–H groups in total. The molecular formula is C14H16ClN3O2. The van der Waals surface area contributed by atoms with Gasteiger partial charge in [-0.1, -0.05) is 11.6 Å². The molecule has 5 nitrogen and oxygen atoms in total. The summed E-state index contributed by atoms with van der Waals surface area (Å²) >= 11 is 5.95. The molecule has 6 heteroatoms. The number of hydrogen-bond donors (Lipinski definition) is 1. The Hall–Kier alpha value is -1.59. The molecule has 1 amide bonds. The van der Waals surface area contributed by atoms with E-state index in [0.29, 0.717) is 16.4 Å². The van der Waals surface area contributed by atoms with Crippen molar-refractivity contribution in [3.8, 4) is 0 Å². The highest BCUT2D eigenvalue weighted by Crippen LogP contribution is 2.21. The molecule has 2 aromatic rings. The summed E-state index contributed by atoms with van der Waals surface area (Å²) in [5.74, 6) is 0.571. The maximum Gasteiger partial charge on any atom is 0.242 e. The van der Waals surface area contributed by atoms with E-state index < -0.39 is 0 Å². The number of halogens is 1. The van der Waals surface area contributed by atoms with Crippen molar-refractivity contribution < 1.29 is 9.90 Å². The summed E-state index contributed by atoms with van der Waals surface area (Å²) in [6, 6.07) is 5.34. The first kappa shape index (κ1) is 13.4. The number of aliphatic hydroxyl groups excluding tert-OH is 1. The normalized spacial score (nSPS) is 15.2. The average molecular weight is 294 g/mol. The Morgan fingerprint density at radius 2 is 2.10 bits per heavy atom. The first-order valence-corrected chi connectivity index (χ1v) is 7.10. The highest BCUT2D eigenvalue weighted by Gasteiger charge is 2.20. The fourth-order valence-electron chi connectivity index (χ4n) is 2.65. The highest BCUT2D eigenvalue weighted by atomic mass is 35.5. The van der Waals surface area contributed by atoms with Crippen LogP contribution < -0.4 is 0 Å². The van der Waals surface area contributed by atoms with E-state index >= 15 is 0 Å². The minimum absolute atomic E-state index is 0.0754. The predicted molar refractivity (Wildman–Crippen MR) is 76.5 cm³/mol. The molecule has 1 aliphatic heterocycles. The second-order valence-electron chi connectivity index (χ2n) is 4.99. The molecule has 1 saturated heterocycles. The second kappa shape index (κ2) is 5.42. The molecule has 0 bridgehead atoms. The fourth-order valence-corrected chi connectivity index (χ4v) is 2.82. The number of nitrogens with zero attached hydrogens (tertiary/aromatic N) is 3. The van der Waals surface area contributed by atoms with Crippen LogP contribution >= 0.6 is 11.6 Å². The molecule has 0 spiro atoms. The fraction of sp³-hybridized carbons (Fsp3) is 0.429. The Kier molecular flexibility index (Phi) is 3.63. The third-order valence-corrected chi connectivity index (χ3v) is 3.92. The molecule has 0 saturated carbocycles. The number of benzene rings is 1. The van der Waals surface area contributed by atoms with Crippen LogP contribution in [0, 0.1) is 0 Å². The summed E-state index contributed by atoms with van der Waals surface area (Å²) < 4.78 is 1.77. The van der Waals surface area contributed by atoms with E-state index in [9.17, 15) is 9.90 Å². The van der Waals surface area contributed by atoms with Gasteiger partial charge in [0.25, 0.3) is 0 Å². The average Bonchev–Trinajstić information content (AvgIpc) is 3.06. The molecule has 1 fully saturated rings. The van der Waals surface area contributed by atoms with E-state index in [0.717, 1.165) is 31.4 Å². The first-order valence-electron chi connectivity index (χ1n) is 6.72. The van der Waals surface area contributed by atoms with Gasteiger partial charge in [0.15, 0.2) is 0 Å². The molecule has 0 atom stereocenters. The molecule has 1 aliphatic rings. The number of amides is 1. The van der Waals surface area contributed by atoms with Gasteiger partial charge in [-0.05, 0) is 31.0 Å². The molecule has 2 heterocycles. The van der Waals surface area contributed by atoms with Gasteiger partial charge in [-0.15, -0.1) is 0 Å². The van der Waals surface area contributed by atoms with Gasteiger partial charge in [-0.25, -0.2) is 4.98 Å². The summed E-state index contributed by atoms with van der Waals surface area (Å²) in [7, 11) is 0. The molecule has 3 rings (SSSR count). The highest BCUT2D eigenvalue weighted by molar-refractivity contribution is 6.31. The van der Waals surface area contributed by atoms with Gasteiger partial charge >= 0.3 is 0 Å². The summed E-state index contributed by atoms with van der Waals surface area (Å²) in [6.07, 6.45) is 2.14. The van der Waals surface area contributed by atoms with Gasteiger partial charge in [0.05, 0.1) is 11.0 Å². The van der Waals surface area contributed by atoms with Crippen LogP contribution in [0.2, 0.25) is 5.02 Å². The topological polar surface area (TPSA) is 58.4 Å². The van der Waals surface area contributed by atoms with E-state index in [1.54, 1.807) is 16.7 Å². The Morgan fingerprint density at radius 3 is 2.80 bits per heavy atom. The second-order valence-corrected chi connectivity index (χ2v) is 5.43. The molecule has 1 aromatic carbocycles. The molecule has 20 heavy (non-hydrogen) atoms. The van der Waals surface area contributed by atoms with Gasteiger partial charge in [-0.3, -0.25) is 4.79 Å². The zero-order chi connectivity index (χ0) is 14.1. The molecular weight excluding hydrogens is 278 g/mol. The number of likely N-dealkylation sites (tertiary alicyclic amines) is 1. The standard InChI is InChI=1S/C14H16ClN3O2/c15-10-3-4-12-11(7-10)16-13(9-19)18(12)8-14(20)17-5-1-2-6-17/h3-4,7,19H,1-2,5-6,8-9H2. The van der Waals surface area contributed by atoms with Crippen LogP contribution in [0.5, 0.6) is 0 Å². The Balaban J connectivity index is 1.94. The summed E-state index contributed by atoms with van der Waals surface area (Å²) in [5, 5.41) is 10.0. The number of hydrogen-bond acceptors (Lipinski definition) is 3. The maximum atomic E-state index is 12.3. The number of imidazole rings is 1. The number of carbonyl (C=O) groups is 1. The van der Waals surface area contributed by atoms with Crippen molar-refractivity contribution in [2.45, 2.75) is 26.0 Å². The van der Waals surface area contributed by atoms with Crippen molar-refractivity contribution in [3.05, 3.63) is 29.0 Å². The Morgan fingerprint density at radius 1 is 1.35 bits per heavy atom. The van der Waals surface area contributed by atoms with E-state index in [1.165, 1.54) is 0 Å². The molecule has 106 valence electrons. The van der Waals surface area contributed by atoms with Gasteiger partial charge in [0.1, 0.15) is 19.0 Å². The largest absolute Gasteiger partial charge is 0.388 e. The predicted octanol–water partition coefficient (Wildman–Crippen LogP) is 1.80. The lowest BCUT2D eigenvalue weighted by molar-refractivity contribution is -0.130. The van der Waals surface area contributed by atoms with Crippen molar-refractivity contribution in [3.63, 3.8) is 0 Å². The molecule has 0 aliphatic carbocycles. The van der Waals surface area contributed by atoms with Crippen LogP contribution in [-0.2, 0) is 17.9 Å². The summed E-state index contributed by atoms with van der Waals surface area (Å²) in [5.41, 5.74) is 1.53. The number of carbonyl (C=O) groups excluding carboxylic acids is 1. The van der Waals surface area contributed by atoms with Crippen molar-refractivity contribution in [2.75, 3.05) is 13.1 Å². The zero-order valence-electron chi connectivity index (χ0n) is 11.0. The third kappa shape index (κ3) is 2.39. The van der Waals surface area contributed by atoms with Crippen molar-refractivity contribution in [1.82, 2.24) is 14.5 Å². The third-order valence-electron chi connectivity index (χ3n) is 3.68. The lowest BCUT2D eigenvalue weighted by Gasteiger charge is -2.16. The SMILES string of the molecule is O=C(Cn1c(CO)nc2cc(Cl)ccc21)N1CCCC1. The van der Waals surface area contributed by atoms with Crippen molar-refractivity contribution in [2.24, 2.45) is 0 Å². The van der Waals surface area contributed by atoms with E-state index in [4.69, 9.17) is 11.6 Å².